The van der Waals surface area contributed by atoms with Crippen molar-refractivity contribution in [1.82, 2.24) is 5.32 Å². The molecule has 0 aromatic rings. The Balaban J connectivity index is 1.78. The molecule has 4 atom stereocenters. The molecular formula is C12H23NO. The van der Waals surface area contributed by atoms with Gasteiger partial charge < -0.3 is 10.4 Å². The third-order valence-electron chi connectivity index (χ3n) is 3.87. The minimum atomic E-state index is -0.0837. The third kappa shape index (κ3) is 2.48. The number of hydrogen-bond donors (Lipinski definition) is 2. The molecule has 2 N–H and O–H groups in total. The number of aliphatic hydroxyl groups is 1. The Morgan fingerprint density at radius 2 is 1.86 bits per heavy atom. The van der Waals surface area contributed by atoms with Crippen LogP contribution in [0, 0.1) is 5.92 Å². The predicted octanol–water partition coefficient (Wildman–Crippen LogP) is 2.07. The van der Waals surface area contributed by atoms with Gasteiger partial charge in [-0.3, -0.25) is 0 Å². The van der Waals surface area contributed by atoms with Gasteiger partial charge in [0.15, 0.2) is 0 Å². The van der Waals surface area contributed by atoms with Crippen molar-refractivity contribution in [1.29, 1.82) is 0 Å². The third-order valence-corrected chi connectivity index (χ3v) is 3.87. The first-order valence-corrected chi connectivity index (χ1v) is 6.20. The summed E-state index contributed by atoms with van der Waals surface area (Å²) in [7, 11) is 0. The summed E-state index contributed by atoms with van der Waals surface area (Å²) >= 11 is 0. The van der Waals surface area contributed by atoms with Crippen molar-refractivity contribution >= 4 is 0 Å². The fourth-order valence-corrected chi connectivity index (χ4v) is 2.97. The molecule has 2 heteroatoms. The zero-order valence-corrected chi connectivity index (χ0v) is 9.21. The Morgan fingerprint density at radius 3 is 2.50 bits per heavy atom. The van der Waals surface area contributed by atoms with Crippen molar-refractivity contribution in [2.75, 3.05) is 0 Å². The van der Waals surface area contributed by atoms with Crippen LogP contribution in [0.5, 0.6) is 0 Å². The van der Waals surface area contributed by atoms with Crippen LogP contribution in [0.1, 0.15) is 51.9 Å². The van der Waals surface area contributed by atoms with Gasteiger partial charge in [0.05, 0.1) is 6.10 Å². The van der Waals surface area contributed by atoms with Crippen LogP contribution in [0.25, 0.3) is 0 Å². The van der Waals surface area contributed by atoms with Gasteiger partial charge in [-0.05, 0) is 38.0 Å². The number of nitrogens with one attached hydrogen (secondary N) is 1. The van der Waals surface area contributed by atoms with E-state index in [9.17, 15) is 5.11 Å². The summed E-state index contributed by atoms with van der Waals surface area (Å²) in [5, 5.41) is 13.5. The second-order valence-electron chi connectivity index (χ2n) is 5.24. The Hall–Kier alpha value is -0.0800. The highest BCUT2D eigenvalue weighted by molar-refractivity contribution is 4.86. The van der Waals surface area contributed by atoms with E-state index in [0.717, 1.165) is 12.3 Å². The summed E-state index contributed by atoms with van der Waals surface area (Å²) in [6, 6.07) is 1.07. The molecule has 2 nitrogen and oxygen atoms in total. The molecule has 2 fully saturated rings. The standard InChI is InChI=1S/C12H23NO/c1-9-6-7-10(8-9)13-11-4-2-3-5-12(11)14/h9-14H,2-8H2,1H3. The summed E-state index contributed by atoms with van der Waals surface area (Å²) in [5.41, 5.74) is 0. The van der Waals surface area contributed by atoms with E-state index in [1.807, 2.05) is 0 Å². The summed E-state index contributed by atoms with van der Waals surface area (Å²) < 4.78 is 0. The Morgan fingerprint density at radius 1 is 1.07 bits per heavy atom. The SMILES string of the molecule is CC1CCC(NC2CCCCC2O)C1. The Bertz CT molecular complexity index is 183. The molecule has 0 saturated heterocycles. The smallest absolute Gasteiger partial charge is 0.0693 e. The summed E-state index contributed by atoms with van der Waals surface area (Å²) in [6.07, 6.45) is 8.57. The lowest BCUT2D eigenvalue weighted by Gasteiger charge is -2.31. The summed E-state index contributed by atoms with van der Waals surface area (Å²) in [4.78, 5) is 0. The lowest BCUT2D eigenvalue weighted by Crippen LogP contribution is -2.46. The molecule has 2 aliphatic rings. The molecule has 2 rings (SSSR count). The van der Waals surface area contributed by atoms with Crippen molar-refractivity contribution in [3.8, 4) is 0 Å². The quantitative estimate of drug-likeness (QED) is 0.710. The zero-order valence-electron chi connectivity index (χ0n) is 9.21. The fraction of sp³-hybridized carbons (Fsp3) is 1.00. The Kier molecular flexibility index (Phi) is 3.45. The average molecular weight is 197 g/mol. The molecule has 4 unspecified atom stereocenters. The van der Waals surface area contributed by atoms with Gasteiger partial charge in [-0.25, -0.2) is 0 Å². The van der Waals surface area contributed by atoms with E-state index in [1.54, 1.807) is 0 Å². The molecule has 0 aliphatic heterocycles. The summed E-state index contributed by atoms with van der Waals surface area (Å²) in [5.74, 6) is 0.883. The van der Waals surface area contributed by atoms with E-state index in [0.29, 0.717) is 12.1 Å². The zero-order chi connectivity index (χ0) is 9.97. The van der Waals surface area contributed by atoms with Crippen LogP contribution in [-0.2, 0) is 0 Å². The van der Waals surface area contributed by atoms with Crippen LogP contribution in [0.3, 0.4) is 0 Å². The molecule has 2 saturated carbocycles. The molecule has 0 bridgehead atoms. The monoisotopic (exact) mass is 197 g/mol. The van der Waals surface area contributed by atoms with Crippen LogP contribution in [-0.4, -0.2) is 23.3 Å². The van der Waals surface area contributed by atoms with Crippen LogP contribution in [0.2, 0.25) is 0 Å². The maximum atomic E-state index is 9.83. The number of aliphatic hydroxyl groups excluding tert-OH is 1. The first-order valence-electron chi connectivity index (χ1n) is 6.20. The maximum Gasteiger partial charge on any atom is 0.0693 e. The van der Waals surface area contributed by atoms with Gasteiger partial charge in [0, 0.05) is 12.1 Å². The van der Waals surface area contributed by atoms with E-state index in [1.165, 1.54) is 38.5 Å². The van der Waals surface area contributed by atoms with Gasteiger partial charge >= 0.3 is 0 Å². The lowest BCUT2D eigenvalue weighted by molar-refractivity contribution is 0.0850. The maximum absolute atomic E-state index is 9.83. The van der Waals surface area contributed by atoms with Gasteiger partial charge in [0.1, 0.15) is 0 Å². The molecule has 0 amide bonds. The normalized spacial score (nSPS) is 44.1. The van der Waals surface area contributed by atoms with Crippen molar-refractivity contribution in [2.45, 2.75) is 70.1 Å². The van der Waals surface area contributed by atoms with E-state index < -0.39 is 0 Å². The highest BCUT2D eigenvalue weighted by atomic mass is 16.3. The topological polar surface area (TPSA) is 32.3 Å². The van der Waals surface area contributed by atoms with Crippen molar-refractivity contribution in [3.05, 3.63) is 0 Å². The molecule has 82 valence electrons. The summed E-state index contributed by atoms with van der Waals surface area (Å²) in [6.45, 7) is 2.33. The lowest BCUT2D eigenvalue weighted by atomic mass is 9.92. The van der Waals surface area contributed by atoms with Crippen molar-refractivity contribution < 1.29 is 5.11 Å². The van der Waals surface area contributed by atoms with E-state index in [2.05, 4.69) is 12.2 Å². The van der Waals surface area contributed by atoms with Gasteiger partial charge in [-0.2, -0.15) is 0 Å². The molecule has 14 heavy (non-hydrogen) atoms. The molecule has 0 aromatic heterocycles. The minimum absolute atomic E-state index is 0.0837. The first-order chi connectivity index (χ1) is 6.75. The van der Waals surface area contributed by atoms with Crippen LogP contribution < -0.4 is 5.32 Å². The van der Waals surface area contributed by atoms with Crippen LogP contribution in [0.15, 0.2) is 0 Å². The largest absolute Gasteiger partial charge is 0.392 e. The van der Waals surface area contributed by atoms with Crippen LogP contribution in [0.4, 0.5) is 0 Å². The van der Waals surface area contributed by atoms with Crippen molar-refractivity contribution in [2.24, 2.45) is 5.92 Å². The van der Waals surface area contributed by atoms with Crippen LogP contribution >= 0.6 is 0 Å². The highest BCUT2D eigenvalue weighted by Gasteiger charge is 2.28. The highest BCUT2D eigenvalue weighted by Crippen LogP contribution is 2.27. The fourth-order valence-electron chi connectivity index (χ4n) is 2.97. The van der Waals surface area contributed by atoms with Gasteiger partial charge in [-0.1, -0.05) is 19.8 Å². The van der Waals surface area contributed by atoms with Gasteiger partial charge in [0.2, 0.25) is 0 Å². The van der Waals surface area contributed by atoms with Gasteiger partial charge in [-0.15, -0.1) is 0 Å². The average Bonchev–Trinajstić information content (AvgIpc) is 2.56. The van der Waals surface area contributed by atoms with Crippen molar-refractivity contribution in [3.63, 3.8) is 0 Å². The molecule has 0 aromatic carbocycles. The Labute approximate surface area is 87.1 Å². The first kappa shape index (κ1) is 10.4. The van der Waals surface area contributed by atoms with E-state index in [4.69, 9.17) is 0 Å². The number of hydrogen-bond acceptors (Lipinski definition) is 2. The second-order valence-corrected chi connectivity index (χ2v) is 5.24. The van der Waals surface area contributed by atoms with E-state index in [-0.39, 0.29) is 6.10 Å². The predicted molar refractivity (Wildman–Crippen MR) is 58.2 cm³/mol. The second kappa shape index (κ2) is 4.63. The molecule has 0 heterocycles. The molecular weight excluding hydrogens is 174 g/mol. The van der Waals surface area contributed by atoms with E-state index >= 15 is 0 Å². The molecule has 0 radical (unpaired) electrons. The van der Waals surface area contributed by atoms with Gasteiger partial charge in [0.25, 0.3) is 0 Å². The molecule has 2 aliphatic carbocycles. The minimum Gasteiger partial charge on any atom is -0.392 e. The number of rotatable bonds is 2. The molecule has 0 spiro atoms.